The number of nitrogens with one attached hydrogen (secondary N) is 1. The van der Waals surface area contributed by atoms with Crippen LogP contribution in [0.2, 0.25) is 5.02 Å². The van der Waals surface area contributed by atoms with Crippen LogP contribution in [0, 0.1) is 11.6 Å². The lowest BCUT2D eigenvalue weighted by Gasteiger charge is -2.23. The maximum Gasteiger partial charge on any atom is 0.255 e. The molecule has 1 N–H and O–H groups in total. The van der Waals surface area contributed by atoms with Gasteiger partial charge in [0, 0.05) is 42.9 Å². The number of anilines is 1. The van der Waals surface area contributed by atoms with Gasteiger partial charge < -0.3 is 19.0 Å². The Kier molecular flexibility index (Phi) is 6.67. The summed E-state index contributed by atoms with van der Waals surface area (Å²) in [5.41, 5.74) is 4.14. The van der Waals surface area contributed by atoms with Crippen molar-refractivity contribution in [2.24, 2.45) is 0 Å². The van der Waals surface area contributed by atoms with Crippen molar-refractivity contribution in [3.8, 4) is 39.7 Å². The third kappa shape index (κ3) is 4.26. The number of nitrogens with zero attached hydrogens (tertiary/aromatic N) is 3. The predicted octanol–water partition coefficient (Wildman–Crippen LogP) is 7.15. The molecular formula is C32H23ClF2N4O4S. The summed E-state index contributed by atoms with van der Waals surface area (Å²) in [6.07, 6.45) is 1.54. The third-order valence-electron chi connectivity index (χ3n) is 7.78. The van der Waals surface area contributed by atoms with Crippen molar-refractivity contribution in [1.82, 2.24) is 14.9 Å². The maximum absolute atomic E-state index is 14.8. The molecule has 4 heterocycles. The van der Waals surface area contributed by atoms with Crippen molar-refractivity contribution >= 4 is 56.1 Å². The van der Waals surface area contributed by atoms with Gasteiger partial charge in [0.25, 0.3) is 5.91 Å². The zero-order valence-electron chi connectivity index (χ0n) is 23.6. The summed E-state index contributed by atoms with van der Waals surface area (Å²) in [5, 5.41) is 3.63. The van der Waals surface area contributed by atoms with Gasteiger partial charge in [0.2, 0.25) is 0 Å². The van der Waals surface area contributed by atoms with Crippen molar-refractivity contribution in [2.45, 2.75) is 6.73 Å². The highest BCUT2D eigenvalue weighted by Gasteiger charge is 2.29. The van der Waals surface area contributed by atoms with E-state index in [4.69, 9.17) is 25.7 Å². The molecule has 222 valence electrons. The second kappa shape index (κ2) is 10.5. The lowest BCUT2D eigenvalue weighted by Crippen LogP contribution is -2.20. The van der Waals surface area contributed by atoms with Gasteiger partial charge in [-0.3, -0.25) is 9.10 Å². The van der Waals surface area contributed by atoms with Crippen molar-refractivity contribution in [3.63, 3.8) is 0 Å². The Bertz CT molecular complexity index is 2180. The van der Waals surface area contributed by atoms with E-state index in [0.717, 1.165) is 0 Å². The fourth-order valence-electron chi connectivity index (χ4n) is 5.59. The van der Waals surface area contributed by atoms with Crippen LogP contribution in [0.5, 0.6) is 5.75 Å². The number of pyridine rings is 1. The van der Waals surface area contributed by atoms with E-state index in [1.165, 1.54) is 43.6 Å². The average Bonchev–Trinajstić information content (AvgIpc) is 3.55. The minimum Gasteiger partial charge on any atom is -0.470 e. The molecule has 0 fully saturated rings. The maximum atomic E-state index is 14.8. The number of aromatic nitrogens is 2. The number of amides is 1. The van der Waals surface area contributed by atoms with Crippen LogP contribution >= 0.6 is 11.6 Å². The highest BCUT2D eigenvalue weighted by atomic mass is 35.5. The van der Waals surface area contributed by atoms with Crippen molar-refractivity contribution < 1.29 is 26.9 Å². The van der Waals surface area contributed by atoms with Crippen molar-refractivity contribution in [2.75, 3.05) is 24.7 Å². The molecule has 0 spiro atoms. The normalized spacial score (nSPS) is 13.0. The molecule has 1 amide bonds. The van der Waals surface area contributed by atoms with Crippen LogP contribution in [0.15, 0.2) is 71.1 Å². The first-order valence-electron chi connectivity index (χ1n) is 13.4. The van der Waals surface area contributed by atoms with Crippen LogP contribution in [-0.4, -0.2) is 40.0 Å². The van der Waals surface area contributed by atoms with Gasteiger partial charge in [0.15, 0.2) is 6.73 Å². The first-order valence-corrected chi connectivity index (χ1v) is 15.3. The molecule has 0 bridgehead atoms. The fraction of sp³-hybridized carbons (Fsp3) is 0.125. The molecule has 7 rings (SSSR count). The molecule has 6 aromatic rings. The number of hydrogen-bond donors (Lipinski definition) is 1. The topological polar surface area (TPSA) is 89.6 Å². The molecular weight excluding hydrogens is 610 g/mol. The summed E-state index contributed by atoms with van der Waals surface area (Å²) in [5.74, 6) is -0.556. The molecule has 1 aliphatic rings. The van der Waals surface area contributed by atoms with Gasteiger partial charge in [0.05, 0.1) is 38.6 Å². The average molecular weight is 633 g/mol. The minimum absolute atomic E-state index is 0.126. The summed E-state index contributed by atoms with van der Waals surface area (Å²) in [6.45, 7) is 0.126. The number of halogens is 3. The Morgan fingerprint density at radius 1 is 1.11 bits per heavy atom. The van der Waals surface area contributed by atoms with Crippen LogP contribution in [0.3, 0.4) is 0 Å². The van der Waals surface area contributed by atoms with E-state index in [0.29, 0.717) is 56.1 Å². The summed E-state index contributed by atoms with van der Waals surface area (Å²) >= 11 is 6.77. The number of hydrogen-bond acceptors (Lipinski definition) is 5. The standard InChI is InChI=1S/C32H23ClF2N4O4S/c1-36-32(40)26-19-13-18(23(38(2)44(3)41)14-25(19)43-31(26)16-7-9-17(34)10-8-16)21-11-12-24-29(37-21)30-28(33)27-20(35)5-4-6-22(27)39(30)15-42-24/h4-14H,15H2,1-3H3,(H,36,40). The highest BCUT2D eigenvalue weighted by molar-refractivity contribution is 7.85. The van der Waals surface area contributed by atoms with Crippen molar-refractivity contribution in [1.29, 1.82) is 0 Å². The second-order valence-corrected chi connectivity index (χ2v) is 12.0. The first-order chi connectivity index (χ1) is 21.2. The van der Waals surface area contributed by atoms with E-state index in [1.54, 1.807) is 52.3 Å². The Morgan fingerprint density at radius 2 is 1.89 bits per heavy atom. The summed E-state index contributed by atoms with van der Waals surface area (Å²) in [4.78, 5) is 18.2. The second-order valence-electron chi connectivity index (χ2n) is 10.2. The molecule has 12 heteroatoms. The van der Waals surface area contributed by atoms with Gasteiger partial charge in [-0.1, -0.05) is 17.7 Å². The van der Waals surface area contributed by atoms with Gasteiger partial charge in [-0.15, -0.1) is 0 Å². The molecule has 8 nitrogen and oxygen atoms in total. The largest absolute Gasteiger partial charge is 0.470 e. The predicted molar refractivity (Wildman–Crippen MR) is 167 cm³/mol. The smallest absolute Gasteiger partial charge is 0.255 e. The van der Waals surface area contributed by atoms with Gasteiger partial charge in [0.1, 0.15) is 45.4 Å². The number of benzene rings is 3. The molecule has 0 saturated heterocycles. The summed E-state index contributed by atoms with van der Waals surface area (Å²) < 4.78 is 56.8. The number of rotatable bonds is 5. The van der Waals surface area contributed by atoms with Crippen LogP contribution in [0.25, 0.3) is 55.8 Å². The van der Waals surface area contributed by atoms with Crippen molar-refractivity contribution in [3.05, 3.63) is 89.0 Å². The number of carbonyl (C=O) groups excluding carboxylic acids is 1. The molecule has 3 aromatic carbocycles. The SMILES string of the molecule is CNC(=O)c1c(-c2ccc(F)cc2)oc2cc(N(C)S(C)=O)c(-c3ccc4c(n3)-c3c(Cl)c5c(F)cccc5n3CO4)cc12. The molecule has 0 saturated carbocycles. The van der Waals surface area contributed by atoms with E-state index >= 15 is 0 Å². The zero-order chi connectivity index (χ0) is 30.9. The van der Waals surface area contributed by atoms with Crippen LogP contribution < -0.4 is 14.4 Å². The Hall–Kier alpha value is -4.74. The monoisotopic (exact) mass is 632 g/mol. The molecule has 1 aliphatic heterocycles. The zero-order valence-corrected chi connectivity index (χ0v) is 25.1. The number of furan rings is 1. The Labute approximate surface area is 257 Å². The van der Waals surface area contributed by atoms with E-state index in [9.17, 15) is 17.8 Å². The molecule has 1 atom stereocenters. The van der Waals surface area contributed by atoms with E-state index in [2.05, 4.69) is 5.32 Å². The van der Waals surface area contributed by atoms with Gasteiger partial charge in [-0.2, -0.15) is 0 Å². The van der Waals surface area contributed by atoms with Gasteiger partial charge >= 0.3 is 0 Å². The Balaban J connectivity index is 1.49. The van der Waals surface area contributed by atoms with Gasteiger partial charge in [-0.25, -0.2) is 18.0 Å². The van der Waals surface area contributed by atoms with E-state index < -0.39 is 28.5 Å². The quantitative estimate of drug-likeness (QED) is 0.218. The number of fused-ring (bicyclic) bond motifs is 6. The highest BCUT2D eigenvalue weighted by Crippen LogP contribution is 2.46. The number of ether oxygens (including phenoxy) is 1. The third-order valence-corrected chi connectivity index (χ3v) is 9.12. The lowest BCUT2D eigenvalue weighted by molar-refractivity contribution is 0.0964. The summed E-state index contributed by atoms with van der Waals surface area (Å²) in [6, 6.07) is 17.3. The molecule has 44 heavy (non-hydrogen) atoms. The van der Waals surface area contributed by atoms with E-state index in [-0.39, 0.29) is 28.5 Å². The van der Waals surface area contributed by atoms with Crippen LogP contribution in [0.1, 0.15) is 10.4 Å². The van der Waals surface area contributed by atoms with E-state index in [1.807, 2.05) is 0 Å². The lowest BCUT2D eigenvalue weighted by atomic mass is 10.0. The van der Waals surface area contributed by atoms with Crippen LogP contribution in [0.4, 0.5) is 14.5 Å². The fourth-order valence-corrected chi connectivity index (χ4v) is 6.39. The first kappa shape index (κ1) is 28.1. The minimum atomic E-state index is -1.44. The van der Waals surface area contributed by atoms with Gasteiger partial charge in [-0.05, 0) is 54.6 Å². The molecule has 0 aliphatic carbocycles. The molecule has 0 radical (unpaired) electrons. The molecule has 3 aromatic heterocycles. The Morgan fingerprint density at radius 3 is 2.61 bits per heavy atom. The summed E-state index contributed by atoms with van der Waals surface area (Å²) in [7, 11) is 1.74. The molecule has 1 unspecified atom stereocenters. The van der Waals surface area contributed by atoms with Crippen LogP contribution in [-0.2, 0) is 17.7 Å². The number of carbonyl (C=O) groups is 1.